The Morgan fingerprint density at radius 1 is 1.12 bits per heavy atom. The van der Waals surface area contributed by atoms with Crippen molar-refractivity contribution in [2.45, 2.75) is 38.6 Å². The molecule has 1 heterocycles. The topological polar surface area (TPSA) is 38.3 Å². The Hall–Kier alpha value is -2.29. The van der Waals surface area contributed by atoms with E-state index in [4.69, 9.17) is 4.74 Å². The van der Waals surface area contributed by atoms with E-state index in [2.05, 4.69) is 31.3 Å². The van der Waals surface area contributed by atoms with Gasteiger partial charge in [0, 0.05) is 17.0 Å². The maximum absolute atomic E-state index is 12.8. The second kappa shape index (κ2) is 5.97. The van der Waals surface area contributed by atoms with E-state index >= 15 is 0 Å². The number of ether oxygens (including phenoxy) is 1. The summed E-state index contributed by atoms with van der Waals surface area (Å²) in [6.45, 7) is 5.00. The molecule has 24 heavy (non-hydrogen) atoms. The normalized spacial score (nSPS) is 24.7. The van der Waals surface area contributed by atoms with Crippen molar-refractivity contribution in [3.8, 4) is 5.75 Å². The molecule has 0 spiro atoms. The molecule has 1 amide bonds. The lowest BCUT2D eigenvalue weighted by atomic mass is 9.91. The number of hydrogen-bond donors (Lipinski definition) is 1. The predicted molar refractivity (Wildman–Crippen MR) is 94.5 cm³/mol. The molecule has 0 bridgehead atoms. The monoisotopic (exact) mass is 321 g/mol. The first kappa shape index (κ1) is 15.3. The van der Waals surface area contributed by atoms with E-state index in [9.17, 15) is 4.79 Å². The summed E-state index contributed by atoms with van der Waals surface area (Å²) in [6.07, 6.45) is 2.26. The molecule has 1 aliphatic heterocycles. The van der Waals surface area contributed by atoms with E-state index in [0.717, 1.165) is 23.3 Å². The van der Waals surface area contributed by atoms with Gasteiger partial charge >= 0.3 is 0 Å². The molecule has 0 aromatic heterocycles. The molecule has 0 fully saturated rings. The van der Waals surface area contributed by atoms with Crippen molar-refractivity contribution < 1.29 is 9.53 Å². The summed E-state index contributed by atoms with van der Waals surface area (Å²) in [5.41, 5.74) is 4.56. The lowest BCUT2D eigenvalue weighted by Crippen LogP contribution is -2.37. The summed E-state index contributed by atoms with van der Waals surface area (Å²) in [6, 6.07) is 14.1. The molecular weight excluding hydrogens is 298 g/mol. The van der Waals surface area contributed by atoms with E-state index in [1.54, 1.807) is 0 Å². The standard InChI is InChI=1S/C21H23NO2/c1-13-7-8-15-11-16(9-10-17(13)15)21(23)22-20-14(2)12-24-19-6-4-3-5-18(19)20/h3-6,9-11,13-14,20H,7-8,12H2,1-2H3,(H,22,23). The summed E-state index contributed by atoms with van der Waals surface area (Å²) in [4.78, 5) is 12.8. The van der Waals surface area contributed by atoms with Gasteiger partial charge in [-0.2, -0.15) is 0 Å². The number of carbonyl (C=O) groups is 1. The number of aryl methyl sites for hydroxylation is 1. The minimum atomic E-state index is -0.00497. The largest absolute Gasteiger partial charge is 0.493 e. The first-order chi connectivity index (χ1) is 11.6. The van der Waals surface area contributed by atoms with E-state index in [0.29, 0.717) is 12.5 Å². The van der Waals surface area contributed by atoms with Crippen molar-refractivity contribution in [1.29, 1.82) is 0 Å². The average molecular weight is 321 g/mol. The summed E-state index contributed by atoms with van der Waals surface area (Å²) in [7, 11) is 0. The fraction of sp³-hybridized carbons (Fsp3) is 0.381. The third-order valence-corrected chi connectivity index (χ3v) is 5.39. The molecular formula is C21H23NO2. The summed E-state index contributed by atoms with van der Waals surface area (Å²) >= 11 is 0. The molecule has 124 valence electrons. The fourth-order valence-electron chi connectivity index (χ4n) is 3.91. The molecule has 3 heteroatoms. The number of rotatable bonds is 2. The van der Waals surface area contributed by atoms with Gasteiger partial charge in [0.15, 0.2) is 0 Å². The van der Waals surface area contributed by atoms with E-state index in [1.165, 1.54) is 17.5 Å². The number of para-hydroxylation sites is 1. The van der Waals surface area contributed by atoms with Crippen LogP contribution in [0.5, 0.6) is 5.75 Å². The second-order valence-corrected chi connectivity index (χ2v) is 7.13. The number of amides is 1. The Bertz CT molecular complexity index is 783. The second-order valence-electron chi connectivity index (χ2n) is 7.13. The average Bonchev–Trinajstić information content (AvgIpc) is 2.98. The fourth-order valence-corrected chi connectivity index (χ4v) is 3.91. The first-order valence-electron chi connectivity index (χ1n) is 8.79. The Kier molecular flexibility index (Phi) is 3.79. The highest BCUT2D eigenvalue weighted by Crippen LogP contribution is 2.36. The molecule has 0 saturated heterocycles. The Balaban J connectivity index is 1.58. The van der Waals surface area contributed by atoms with Gasteiger partial charge in [0.05, 0.1) is 12.6 Å². The van der Waals surface area contributed by atoms with Gasteiger partial charge < -0.3 is 10.1 Å². The van der Waals surface area contributed by atoms with Gasteiger partial charge in [0.2, 0.25) is 0 Å². The SMILES string of the molecule is CC1CCc2cc(C(=O)NC3c4ccccc4OCC3C)ccc21. The highest BCUT2D eigenvalue weighted by atomic mass is 16.5. The predicted octanol–water partition coefficient (Wildman–Crippen LogP) is 4.24. The van der Waals surface area contributed by atoms with Crippen LogP contribution in [-0.4, -0.2) is 12.5 Å². The Morgan fingerprint density at radius 2 is 1.96 bits per heavy atom. The minimum absolute atomic E-state index is 0.00497. The van der Waals surface area contributed by atoms with Crippen LogP contribution in [0, 0.1) is 5.92 Å². The molecule has 1 aliphatic carbocycles. The first-order valence-corrected chi connectivity index (χ1v) is 8.79. The van der Waals surface area contributed by atoms with Crippen molar-refractivity contribution in [3.63, 3.8) is 0 Å². The van der Waals surface area contributed by atoms with Gasteiger partial charge in [-0.25, -0.2) is 0 Å². The van der Waals surface area contributed by atoms with Crippen LogP contribution < -0.4 is 10.1 Å². The zero-order valence-corrected chi connectivity index (χ0v) is 14.2. The zero-order chi connectivity index (χ0) is 16.7. The van der Waals surface area contributed by atoms with Crippen LogP contribution in [0.4, 0.5) is 0 Å². The smallest absolute Gasteiger partial charge is 0.251 e. The van der Waals surface area contributed by atoms with Crippen molar-refractivity contribution in [2.24, 2.45) is 5.92 Å². The number of nitrogens with one attached hydrogen (secondary N) is 1. The minimum Gasteiger partial charge on any atom is -0.493 e. The molecule has 3 atom stereocenters. The quantitative estimate of drug-likeness (QED) is 0.898. The van der Waals surface area contributed by atoms with Crippen LogP contribution in [0.3, 0.4) is 0 Å². The zero-order valence-electron chi connectivity index (χ0n) is 14.2. The molecule has 3 nitrogen and oxygen atoms in total. The van der Waals surface area contributed by atoms with Crippen LogP contribution in [0.2, 0.25) is 0 Å². The van der Waals surface area contributed by atoms with Crippen molar-refractivity contribution in [2.75, 3.05) is 6.61 Å². The number of carbonyl (C=O) groups excluding carboxylic acids is 1. The van der Waals surface area contributed by atoms with Gasteiger partial charge in [-0.05, 0) is 48.1 Å². The van der Waals surface area contributed by atoms with Crippen LogP contribution >= 0.6 is 0 Å². The van der Waals surface area contributed by atoms with Crippen LogP contribution in [0.25, 0.3) is 0 Å². The molecule has 0 saturated carbocycles. The number of fused-ring (bicyclic) bond motifs is 2. The van der Waals surface area contributed by atoms with Crippen LogP contribution in [0.1, 0.15) is 59.3 Å². The number of hydrogen-bond acceptors (Lipinski definition) is 2. The summed E-state index contributed by atoms with van der Waals surface area (Å²) in [5, 5.41) is 3.22. The van der Waals surface area contributed by atoms with Crippen molar-refractivity contribution >= 4 is 5.91 Å². The van der Waals surface area contributed by atoms with Gasteiger partial charge in [-0.15, -0.1) is 0 Å². The Morgan fingerprint density at radius 3 is 2.83 bits per heavy atom. The maximum Gasteiger partial charge on any atom is 0.251 e. The van der Waals surface area contributed by atoms with Gasteiger partial charge in [0.25, 0.3) is 5.91 Å². The van der Waals surface area contributed by atoms with E-state index in [-0.39, 0.29) is 17.9 Å². The summed E-state index contributed by atoms with van der Waals surface area (Å²) in [5.74, 6) is 1.74. The molecule has 4 rings (SSSR count). The van der Waals surface area contributed by atoms with E-state index in [1.807, 2.05) is 30.3 Å². The van der Waals surface area contributed by atoms with Gasteiger partial charge in [-0.1, -0.05) is 38.1 Å². The maximum atomic E-state index is 12.8. The molecule has 2 aliphatic rings. The molecule has 2 aromatic rings. The van der Waals surface area contributed by atoms with Crippen LogP contribution in [0.15, 0.2) is 42.5 Å². The van der Waals surface area contributed by atoms with E-state index < -0.39 is 0 Å². The highest BCUT2D eigenvalue weighted by molar-refractivity contribution is 5.95. The van der Waals surface area contributed by atoms with Gasteiger partial charge in [0.1, 0.15) is 5.75 Å². The van der Waals surface area contributed by atoms with Gasteiger partial charge in [-0.3, -0.25) is 4.79 Å². The molecule has 0 radical (unpaired) electrons. The van der Waals surface area contributed by atoms with Crippen molar-refractivity contribution in [3.05, 3.63) is 64.7 Å². The number of benzene rings is 2. The van der Waals surface area contributed by atoms with Crippen molar-refractivity contribution in [1.82, 2.24) is 5.32 Å². The molecule has 3 unspecified atom stereocenters. The third-order valence-electron chi connectivity index (χ3n) is 5.39. The molecule has 1 N–H and O–H groups in total. The third kappa shape index (κ3) is 2.58. The molecule has 2 aromatic carbocycles. The lowest BCUT2D eigenvalue weighted by Gasteiger charge is -2.32. The Labute approximate surface area is 143 Å². The lowest BCUT2D eigenvalue weighted by molar-refractivity contribution is 0.0898. The highest BCUT2D eigenvalue weighted by Gasteiger charge is 2.29. The summed E-state index contributed by atoms with van der Waals surface area (Å²) < 4.78 is 5.77. The van der Waals surface area contributed by atoms with Crippen LogP contribution in [-0.2, 0) is 6.42 Å².